The molecular weight excluding hydrogens is 655 g/mol. The van der Waals surface area contributed by atoms with Crippen LogP contribution in [0.1, 0.15) is 90.4 Å². The largest absolute Gasteiger partial charge is 1.00 e. The van der Waals surface area contributed by atoms with Crippen LogP contribution >= 0.6 is 23.4 Å². The monoisotopic (exact) mass is 702 g/mol. The van der Waals surface area contributed by atoms with Crippen LogP contribution in [0.25, 0.3) is 0 Å². The first kappa shape index (κ1) is 37.3. The third-order valence-electron chi connectivity index (χ3n) is 10.2. The molecule has 246 valence electrons. The first-order chi connectivity index (χ1) is 20.4. The summed E-state index contributed by atoms with van der Waals surface area (Å²) in [4.78, 5) is 4.76. The van der Waals surface area contributed by atoms with Crippen LogP contribution in [0, 0.1) is 11.8 Å². The second kappa shape index (κ2) is 16.3. The topological polar surface area (TPSA) is 127 Å². The summed E-state index contributed by atoms with van der Waals surface area (Å²) >= 11 is 8.57. The molecule has 0 aromatic rings. The van der Waals surface area contributed by atoms with E-state index in [1.54, 1.807) is 0 Å². The van der Waals surface area contributed by atoms with Gasteiger partial charge >= 0.3 is 29.6 Å². The fourth-order valence-electron chi connectivity index (χ4n) is 8.23. The van der Waals surface area contributed by atoms with Crippen LogP contribution in [0.3, 0.4) is 0 Å². The Bertz CT molecular complexity index is 1250. The van der Waals surface area contributed by atoms with Crippen molar-refractivity contribution in [2.45, 2.75) is 125 Å². The summed E-state index contributed by atoms with van der Waals surface area (Å²) in [5.41, 5.74) is 1.15. The molecule has 0 spiro atoms. The maximum absolute atomic E-state index is 11.4. The molecule has 5 aliphatic rings. The standard InChI is InChI=1S/C30H49ClN2O7S3.Na/c1-2-21(19-29-32(14-5-6-16-42(34,35)36)25-20-23(31)11-13-27(25)41-29)18-28-33(15-7-17-43(37,38)39)30-24-9-4-3-8-22(24)10-12-26(30)40-28;/h18-19,22-27,29-30H,2-17,20H2,1H3,(H,34,35,36)(H,37,38,39);/q;+1/p-1/b21-19+,28-18-;. The SMILES string of the molecule is CCC(/C=C1\OC2CCC3CCCCC3C2N1CCCS(=O)(=O)[O-])=C\C1SC2CCC(Cl)CC2N1CCCCS(=O)(=O)O.[Na+]. The summed E-state index contributed by atoms with van der Waals surface area (Å²) in [6.45, 7) is 3.36. The van der Waals surface area contributed by atoms with E-state index in [4.69, 9.17) is 16.3 Å². The third-order valence-corrected chi connectivity index (χ3v) is 13.8. The fourth-order valence-corrected chi connectivity index (χ4v) is 11.3. The Labute approximate surface area is 296 Å². The molecule has 2 aliphatic heterocycles. The van der Waals surface area contributed by atoms with Crippen molar-refractivity contribution in [2.75, 3.05) is 24.6 Å². The van der Waals surface area contributed by atoms with Crippen molar-refractivity contribution in [1.29, 1.82) is 0 Å². The summed E-state index contributed by atoms with van der Waals surface area (Å²) in [7, 11) is -8.25. The maximum atomic E-state index is 11.4. The first-order valence-corrected chi connectivity index (χ1v) is 20.8. The minimum atomic E-state index is -4.28. The number of halogens is 1. The molecule has 8 atom stereocenters. The van der Waals surface area contributed by atoms with Crippen LogP contribution in [0.5, 0.6) is 0 Å². The molecule has 14 heteroatoms. The molecule has 8 unspecified atom stereocenters. The van der Waals surface area contributed by atoms with Crippen LogP contribution in [0.2, 0.25) is 0 Å². The maximum Gasteiger partial charge on any atom is 1.00 e. The van der Waals surface area contributed by atoms with Crippen LogP contribution in [0.4, 0.5) is 0 Å². The Balaban J connectivity index is 0.00000442. The van der Waals surface area contributed by atoms with Crippen molar-refractivity contribution in [3.8, 4) is 0 Å². The number of hydrogen-bond donors (Lipinski definition) is 1. The van der Waals surface area contributed by atoms with Gasteiger partial charge in [-0.3, -0.25) is 9.45 Å². The average Bonchev–Trinajstić information content (AvgIpc) is 3.46. The van der Waals surface area contributed by atoms with Crippen molar-refractivity contribution in [2.24, 2.45) is 11.8 Å². The van der Waals surface area contributed by atoms with E-state index in [1.807, 2.05) is 11.8 Å². The first-order valence-electron chi connectivity index (χ1n) is 16.2. The van der Waals surface area contributed by atoms with Crippen molar-refractivity contribution in [1.82, 2.24) is 9.80 Å². The number of unbranched alkanes of at least 4 members (excludes halogenated alkanes) is 1. The van der Waals surface area contributed by atoms with Crippen molar-refractivity contribution in [3.05, 3.63) is 23.6 Å². The van der Waals surface area contributed by atoms with Crippen molar-refractivity contribution < 1.29 is 60.2 Å². The van der Waals surface area contributed by atoms with E-state index in [-0.39, 0.29) is 70.4 Å². The summed E-state index contributed by atoms with van der Waals surface area (Å²) < 4.78 is 72.7. The Morgan fingerprint density at radius 3 is 2.55 bits per heavy atom. The Morgan fingerprint density at radius 1 is 1.05 bits per heavy atom. The van der Waals surface area contributed by atoms with E-state index in [9.17, 15) is 25.9 Å². The molecule has 3 aliphatic carbocycles. The molecule has 1 N–H and O–H groups in total. The van der Waals surface area contributed by atoms with E-state index in [1.165, 1.54) is 32.1 Å². The Hall–Kier alpha value is 0.500. The quantitative estimate of drug-likeness (QED) is 0.140. The average molecular weight is 703 g/mol. The number of hydrogen-bond acceptors (Lipinski definition) is 9. The van der Waals surface area contributed by atoms with Gasteiger partial charge in [0, 0.05) is 35.0 Å². The summed E-state index contributed by atoms with van der Waals surface area (Å²) in [6, 6.07) is 0.555. The van der Waals surface area contributed by atoms with E-state index in [2.05, 4.69) is 28.9 Å². The molecule has 0 aromatic carbocycles. The van der Waals surface area contributed by atoms with E-state index < -0.39 is 20.2 Å². The summed E-state index contributed by atoms with van der Waals surface area (Å²) in [5.74, 6) is 1.43. The zero-order valence-corrected chi connectivity index (χ0v) is 31.4. The Morgan fingerprint density at radius 2 is 1.82 bits per heavy atom. The van der Waals surface area contributed by atoms with Gasteiger partial charge < -0.3 is 14.2 Å². The van der Waals surface area contributed by atoms with E-state index in [0.29, 0.717) is 42.5 Å². The summed E-state index contributed by atoms with van der Waals surface area (Å²) in [6.07, 6.45) is 16.8. The number of thioether (sulfide) groups is 1. The zero-order chi connectivity index (χ0) is 30.8. The molecule has 2 saturated heterocycles. The minimum Gasteiger partial charge on any atom is -0.748 e. The predicted octanol–water partition coefficient (Wildman–Crippen LogP) is 2.34. The van der Waals surface area contributed by atoms with Gasteiger partial charge in [0.1, 0.15) is 6.10 Å². The van der Waals surface area contributed by atoms with Crippen LogP contribution in [0.15, 0.2) is 23.6 Å². The van der Waals surface area contributed by atoms with Gasteiger partial charge in [0.05, 0.1) is 27.3 Å². The fraction of sp³-hybridized carbons (Fsp3) is 0.867. The third kappa shape index (κ3) is 9.78. The molecule has 44 heavy (non-hydrogen) atoms. The van der Waals surface area contributed by atoms with Gasteiger partial charge in [-0.25, -0.2) is 8.42 Å². The molecule has 0 amide bonds. The number of alkyl halides is 1. The van der Waals surface area contributed by atoms with Crippen LogP contribution in [-0.4, -0.2) is 94.5 Å². The molecule has 9 nitrogen and oxygen atoms in total. The second-order valence-corrected chi connectivity index (χ2v) is 18.2. The molecule has 2 heterocycles. The van der Waals surface area contributed by atoms with Crippen molar-refractivity contribution >= 4 is 43.6 Å². The predicted molar refractivity (Wildman–Crippen MR) is 170 cm³/mol. The smallest absolute Gasteiger partial charge is 0.748 e. The second-order valence-electron chi connectivity index (χ2n) is 13.1. The molecule has 0 aromatic heterocycles. The minimum absolute atomic E-state index is 0. The number of allylic oxidation sites excluding steroid dienone is 2. The van der Waals surface area contributed by atoms with E-state index in [0.717, 1.165) is 50.1 Å². The van der Waals surface area contributed by atoms with Gasteiger partial charge in [0.15, 0.2) is 5.88 Å². The van der Waals surface area contributed by atoms with Gasteiger partial charge in [-0.1, -0.05) is 32.3 Å². The Kier molecular flexibility index (Phi) is 13.8. The summed E-state index contributed by atoms with van der Waals surface area (Å²) in [5, 5.41) is 0.742. The molecule has 0 bridgehead atoms. The van der Waals surface area contributed by atoms with E-state index >= 15 is 0 Å². The molecule has 5 fully saturated rings. The molecular formula is C30H48ClN2NaO7S3. The van der Waals surface area contributed by atoms with Crippen LogP contribution < -0.4 is 29.6 Å². The van der Waals surface area contributed by atoms with Gasteiger partial charge in [-0.15, -0.1) is 23.4 Å². The number of fused-ring (bicyclic) bond motifs is 4. The van der Waals surface area contributed by atoms with Gasteiger partial charge in [0.25, 0.3) is 10.1 Å². The molecule has 0 radical (unpaired) electrons. The zero-order valence-electron chi connectivity index (χ0n) is 26.2. The number of rotatable bonds is 12. The van der Waals surface area contributed by atoms with Gasteiger partial charge in [-0.2, -0.15) is 8.42 Å². The normalized spacial score (nSPS) is 35.5. The number of nitrogens with zero attached hydrogens (tertiary/aromatic N) is 2. The van der Waals surface area contributed by atoms with Gasteiger partial charge in [-0.05, 0) is 88.2 Å². The molecule has 5 rings (SSSR count). The van der Waals surface area contributed by atoms with Crippen molar-refractivity contribution in [3.63, 3.8) is 0 Å². The van der Waals surface area contributed by atoms with Crippen LogP contribution in [-0.2, 0) is 25.0 Å². The number of ether oxygens (including phenoxy) is 1. The van der Waals surface area contributed by atoms with Gasteiger partial charge in [0.2, 0.25) is 0 Å². The molecule has 3 saturated carbocycles.